The number of carbonyl (C=O) groups excluding carboxylic acids is 2. The fraction of sp³-hybridized carbons (Fsp3) is 0.440. The molecule has 5 nitrogen and oxygen atoms in total. The van der Waals surface area contributed by atoms with E-state index in [1.54, 1.807) is 0 Å². The highest BCUT2D eigenvalue weighted by molar-refractivity contribution is 9.09. The molecule has 5 rings (SSSR count). The maximum Gasteiger partial charge on any atom is 0.310 e. The molecule has 0 spiro atoms. The molecule has 1 N–H and O–H groups in total. The Balaban J connectivity index is 1.24. The van der Waals surface area contributed by atoms with Gasteiger partial charge in [-0.25, -0.2) is 0 Å². The van der Waals surface area contributed by atoms with Gasteiger partial charge in [-0.1, -0.05) is 48.8 Å². The van der Waals surface area contributed by atoms with Gasteiger partial charge in [0.1, 0.15) is 17.6 Å². The van der Waals surface area contributed by atoms with Crippen LogP contribution in [0.15, 0.2) is 48.5 Å². The van der Waals surface area contributed by atoms with Crippen molar-refractivity contribution >= 4 is 33.5 Å². The van der Waals surface area contributed by atoms with Crippen molar-refractivity contribution in [3.8, 4) is 11.5 Å². The number of halogens is 1. The zero-order valence-corrected chi connectivity index (χ0v) is 19.4. The lowest BCUT2D eigenvalue weighted by Crippen LogP contribution is -2.40. The summed E-state index contributed by atoms with van der Waals surface area (Å²) in [6.45, 7) is 6.54. The van der Waals surface area contributed by atoms with Crippen LogP contribution in [-0.2, 0) is 19.7 Å². The van der Waals surface area contributed by atoms with Crippen LogP contribution in [-0.4, -0.2) is 22.8 Å². The number of benzene rings is 2. The average Bonchev–Trinajstić information content (AvgIpc) is 3.33. The Hall–Kier alpha value is -2.34. The lowest BCUT2D eigenvalue weighted by molar-refractivity contribution is -0.145. The van der Waals surface area contributed by atoms with Crippen molar-refractivity contribution in [2.45, 2.75) is 43.5 Å². The van der Waals surface area contributed by atoms with Crippen LogP contribution in [0.3, 0.4) is 0 Å². The van der Waals surface area contributed by atoms with Gasteiger partial charge in [-0.3, -0.25) is 9.59 Å². The Labute approximate surface area is 190 Å². The fourth-order valence-corrected chi connectivity index (χ4v) is 6.37. The molecule has 6 heteroatoms. The largest absolute Gasteiger partial charge is 0.461 e. The van der Waals surface area contributed by atoms with Crippen molar-refractivity contribution in [2.75, 3.05) is 5.32 Å². The first-order chi connectivity index (χ1) is 14.7. The fourth-order valence-electron chi connectivity index (χ4n) is 5.32. The number of anilines is 1. The molecule has 2 aromatic rings. The highest BCUT2D eigenvalue weighted by atomic mass is 79.9. The third-order valence-electron chi connectivity index (χ3n) is 6.90. The van der Waals surface area contributed by atoms with E-state index < -0.39 is 0 Å². The molecule has 0 aromatic heterocycles. The number of amides is 1. The molecule has 0 unspecified atom stereocenters. The molecule has 31 heavy (non-hydrogen) atoms. The predicted octanol–water partition coefficient (Wildman–Crippen LogP) is 5.29. The second-order valence-corrected chi connectivity index (χ2v) is 10.9. The minimum Gasteiger partial charge on any atom is -0.461 e. The van der Waals surface area contributed by atoms with Crippen LogP contribution in [0.1, 0.15) is 32.8 Å². The molecule has 1 saturated heterocycles. The van der Waals surface area contributed by atoms with Crippen LogP contribution in [0.5, 0.6) is 11.5 Å². The Morgan fingerprint density at radius 1 is 1.03 bits per heavy atom. The van der Waals surface area contributed by atoms with E-state index in [0.29, 0.717) is 11.4 Å². The van der Waals surface area contributed by atoms with E-state index in [1.165, 1.54) is 5.56 Å². The van der Waals surface area contributed by atoms with Gasteiger partial charge in [0.15, 0.2) is 0 Å². The van der Waals surface area contributed by atoms with Gasteiger partial charge < -0.3 is 14.8 Å². The minimum absolute atomic E-state index is 0.0661. The molecule has 2 aromatic carbocycles. The molecule has 1 heterocycles. The number of nitrogens with one attached hydrogen (secondary N) is 1. The van der Waals surface area contributed by atoms with Crippen molar-refractivity contribution in [1.82, 2.24) is 0 Å². The van der Waals surface area contributed by atoms with E-state index in [0.717, 1.165) is 12.2 Å². The summed E-state index contributed by atoms with van der Waals surface area (Å²) in [6, 6.07) is 15.4. The maximum atomic E-state index is 13.0. The summed E-state index contributed by atoms with van der Waals surface area (Å²) in [6.07, 6.45) is 0.802. The Kier molecular flexibility index (Phi) is 4.88. The zero-order valence-electron chi connectivity index (χ0n) is 17.8. The SMILES string of the molecule is CC(C)(C)c1ccc(Oc2ccc(NC(=O)[C@H]3[C@@H]4C[C@H]5[C@H](OC(=O)[C@@H]53)[C@@H]4Br)cc2)cc1. The number of esters is 1. The molecule has 1 amide bonds. The molecule has 0 radical (unpaired) electrons. The van der Waals surface area contributed by atoms with E-state index in [-0.39, 0.29) is 51.9 Å². The van der Waals surface area contributed by atoms with Crippen LogP contribution >= 0.6 is 15.9 Å². The van der Waals surface area contributed by atoms with Crippen LogP contribution < -0.4 is 10.1 Å². The van der Waals surface area contributed by atoms with E-state index in [2.05, 4.69) is 54.2 Å². The van der Waals surface area contributed by atoms with Crippen molar-refractivity contribution in [3.63, 3.8) is 0 Å². The first kappa shape index (κ1) is 20.6. The standard InChI is InChI=1S/C25H26BrNO4/c1-25(2,3)13-4-8-15(9-5-13)30-16-10-6-14(7-11-16)27-23(28)19-17-12-18-20(19)24(29)31-22(18)21(17)26/h4-11,17-22H,12H2,1-3H3,(H,27,28)/t17-,18+,19-,20-,21+,22-/m0/s1. The first-order valence-corrected chi connectivity index (χ1v) is 11.7. The molecule has 6 atom stereocenters. The van der Waals surface area contributed by atoms with Gasteiger partial charge in [-0.2, -0.15) is 0 Å². The van der Waals surface area contributed by atoms with Crippen molar-refractivity contribution in [1.29, 1.82) is 0 Å². The van der Waals surface area contributed by atoms with Gasteiger partial charge in [0.25, 0.3) is 0 Å². The Bertz CT molecular complexity index is 1010. The first-order valence-electron chi connectivity index (χ1n) is 10.8. The quantitative estimate of drug-likeness (QED) is 0.474. The molecular weight excluding hydrogens is 458 g/mol. The lowest BCUT2D eigenvalue weighted by atomic mass is 9.79. The predicted molar refractivity (Wildman–Crippen MR) is 121 cm³/mol. The van der Waals surface area contributed by atoms with Gasteiger partial charge in [-0.05, 0) is 59.7 Å². The number of hydrogen-bond donors (Lipinski definition) is 1. The van der Waals surface area contributed by atoms with Gasteiger partial charge in [-0.15, -0.1) is 0 Å². The summed E-state index contributed by atoms with van der Waals surface area (Å²) in [5.41, 5.74) is 2.04. The van der Waals surface area contributed by atoms with Gasteiger partial charge >= 0.3 is 5.97 Å². The van der Waals surface area contributed by atoms with E-state index in [1.807, 2.05) is 36.4 Å². The highest BCUT2D eigenvalue weighted by Crippen LogP contribution is 2.60. The summed E-state index contributed by atoms with van der Waals surface area (Å²) >= 11 is 3.65. The van der Waals surface area contributed by atoms with Crippen LogP contribution in [0.2, 0.25) is 0 Å². The molecule has 3 fully saturated rings. The average molecular weight is 484 g/mol. The summed E-state index contributed by atoms with van der Waals surface area (Å²) in [5.74, 6) is 0.809. The number of fused-ring (bicyclic) bond motifs is 1. The molecule has 2 aliphatic carbocycles. The summed E-state index contributed by atoms with van der Waals surface area (Å²) in [4.78, 5) is 25.3. The van der Waals surface area contributed by atoms with E-state index in [9.17, 15) is 9.59 Å². The summed E-state index contributed by atoms with van der Waals surface area (Å²) in [7, 11) is 0. The molecule has 3 aliphatic rings. The second-order valence-electron chi connectivity index (χ2n) is 9.85. The number of hydrogen-bond acceptors (Lipinski definition) is 4. The normalized spacial score (nSPS) is 30.9. The zero-order chi connectivity index (χ0) is 21.9. The molecule has 2 bridgehead atoms. The monoisotopic (exact) mass is 483 g/mol. The maximum absolute atomic E-state index is 13.0. The summed E-state index contributed by atoms with van der Waals surface area (Å²) in [5, 5.41) is 2.98. The Morgan fingerprint density at radius 3 is 2.26 bits per heavy atom. The third-order valence-corrected chi connectivity index (χ3v) is 8.10. The second kappa shape index (κ2) is 7.37. The van der Waals surface area contributed by atoms with Crippen LogP contribution in [0, 0.1) is 23.7 Å². The number of carbonyl (C=O) groups is 2. The van der Waals surface area contributed by atoms with Gasteiger partial charge in [0.2, 0.25) is 5.91 Å². The van der Waals surface area contributed by atoms with Crippen LogP contribution in [0.25, 0.3) is 0 Å². The smallest absolute Gasteiger partial charge is 0.310 e. The molecular formula is C25H26BrNO4. The Morgan fingerprint density at radius 2 is 1.65 bits per heavy atom. The molecule has 2 saturated carbocycles. The van der Waals surface area contributed by atoms with Crippen molar-refractivity contribution in [3.05, 3.63) is 54.1 Å². The van der Waals surface area contributed by atoms with E-state index in [4.69, 9.17) is 9.47 Å². The minimum atomic E-state index is -0.335. The van der Waals surface area contributed by atoms with Crippen LogP contribution in [0.4, 0.5) is 5.69 Å². The lowest BCUT2D eigenvalue weighted by Gasteiger charge is -2.27. The molecule has 162 valence electrons. The topological polar surface area (TPSA) is 64.6 Å². The number of alkyl halides is 1. The van der Waals surface area contributed by atoms with E-state index >= 15 is 0 Å². The number of rotatable bonds is 4. The van der Waals surface area contributed by atoms with Crippen molar-refractivity contribution < 1.29 is 19.1 Å². The molecule has 1 aliphatic heterocycles. The highest BCUT2D eigenvalue weighted by Gasteiger charge is 2.67. The van der Waals surface area contributed by atoms with Gasteiger partial charge in [0.05, 0.1) is 16.7 Å². The van der Waals surface area contributed by atoms with Gasteiger partial charge in [0, 0.05) is 11.6 Å². The number of ether oxygens (including phenoxy) is 2. The summed E-state index contributed by atoms with van der Waals surface area (Å²) < 4.78 is 11.4. The van der Waals surface area contributed by atoms with Crippen molar-refractivity contribution in [2.24, 2.45) is 23.7 Å². The third kappa shape index (κ3) is 3.55.